The number of nitrogens with zero attached hydrogens (tertiary/aromatic N) is 2. The highest BCUT2D eigenvalue weighted by molar-refractivity contribution is 7.17. The van der Waals surface area contributed by atoms with Crippen molar-refractivity contribution in [1.29, 1.82) is 0 Å². The minimum atomic E-state index is -1.82. The zero-order valence-electron chi connectivity index (χ0n) is 20.5. The van der Waals surface area contributed by atoms with E-state index in [1.165, 1.54) is 16.2 Å². The minimum absolute atomic E-state index is 0.0459. The van der Waals surface area contributed by atoms with Crippen molar-refractivity contribution < 1.29 is 53.9 Å². The topological polar surface area (TPSA) is 211 Å². The third-order valence-corrected chi connectivity index (χ3v) is 6.51. The van der Waals surface area contributed by atoms with Crippen LogP contribution in [0.1, 0.15) is 41.1 Å². The molecule has 0 saturated carbocycles. The summed E-state index contributed by atoms with van der Waals surface area (Å²) in [7, 11) is 0. The molecule has 2 heterocycles. The van der Waals surface area contributed by atoms with Crippen LogP contribution in [0.4, 0.5) is 5.00 Å². The standard InChI is InChI=1S/C18H27N3O3S.2C2H2O4/c1-3-20-8-10-21(11-9-20)12-15(22)19-17-16(18(23)24-4-2)13-6-5-7-14(13)25-17;2*3-1(4)2(5)6/h3-12H2,1-2H3,(H,19,22);2*(H,3,4)(H,5,6). The Kier molecular flexibility index (Phi) is 13.2. The van der Waals surface area contributed by atoms with E-state index in [4.69, 9.17) is 44.3 Å². The molecule has 3 rings (SSSR count). The summed E-state index contributed by atoms with van der Waals surface area (Å²) in [5.74, 6) is -7.65. The monoisotopic (exact) mass is 545 g/mol. The van der Waals surface area contributed by atoms with Gasteiger partial charge in [0.25, 0.3) is 0 Å². The summed E-state index contributed by atoms with van der Waals surface area (Å²) in [6.07, 6.45) is 2.96. The zero-order valence-corrected chi connectivity index (χ0v) is 21.3. The van der Waals surface area contributed by atoms with Crippen LogP contribution in [0.25, 0.3) is 0 Å². The lowest BCUT2D eigenvalue weighted by atomic mass is 10.1. The van der Waals surface area contributed by atoms with Crippen LogP contribution < -0.4 is 5.32 Å². The van der Waals surface area contributed by atoms with Crippen LogP contribution >= 0.6 is 11.3 Å². The van der Waals surface area contributed by atoms with E-state index in [1.54, 1.807) is 6.92 Å². The fourth-order valence-corrected chi connectivity index (χ4v) is 4.84. The fraction of sp³-hybridized carbons (Fsp3) is 0.545. The number of carbonyl (C=O) groups excluding carboxylic acids is 2. The highest BCUT2D eigenvalue weighted by atomic mass is 32.1. The number of ether oxygens (including phenoxy) is 1. The number of anilines is 1. The number of amides is 1. The largest absolute Gasteiger partial charge is 0.473 e. The van der Waals surface area contributed by atoms with Gasteiger partial charge in [0.2, 0.25) is 5.91 Å². The van der Waals surface area contributed by atoms with Crippen LogP contribution in [0.5, 0.6) is 0 Å². The first-order valence-electron chi connectivity index (χ1n) is 11.4. The number of aliphatic carboxylic acids is 4. The fourth-order valence-electron chi connectivity index (χ4n) is 3.54. The molecule has 14 nitrogen and oxygen atoms in total. The molecule has 1 aliphatic heterocycles. The summed E-state index contributed by atoms with van der Waals surface area (Å²) in [5.41, 5.74) is 1.67. The predicted molar refractivity (Wildman–Crippen MR) is 130 cm³/mol. The SMILES string of the molecule is CCOC(=O)c1c(NC(=O)CN2CCN(CC)CC2)sc2c1CCC2.O=C(O)C(=O)O.O=C(O)C(=O)O. The molecular formula is C22H31N3O11S. The Hall–Kier alpha value is -3.56. The molecule has 1 amide bonds. The Bertz CT molecular complexity index is 952. The summed E-state index contributed by atoms with van der Waals surface area (Å²) in [5, 5.41) is 33.2. The molecule has 37 heavy (non-hydrogen) atoms. The number of carbonyl (C=O) groups is 6. The summed E-state index contributed by atoms with van der Waals surface area (Å²) in [6.45, 7) is 9.58. The molecule has 0 radical (unpaired) electrons. The molecule has 15 heteroatoms. The van der Waals surface area contributed by atoms with Gasteiger partial charge in [-0.2, -0.15) is 0 Å². The Morgan fingerprint density at radius 2 is 1.35 bits per heavy atom. The number of carboxylic acid groups (broad SMARTS) is 4. The van der Waals surface area contributed by atoms with Crippen molar-refractivity contribution in [3.05, 3.63) is 16.0 Å². The molecule has 1 aromatic heterocycles. The first-order valence-corrected chi connectivity index (χ1v) is 12.2. The average molecular weight is 546 g/mol. The number of aryl methyl sites for hydroxylation is 1. The van der Waals surface area contributed by atoms with Crippen LogP contribution in [0, 0.1) is 0 Å². The maximum atomic E-state index is 12.5. The van der Waals surface area contributed by atoms with E-state index in [1.807, 2.05) is 0 Å². The quantitative estimate of drug-likeness (QED) is 0.241. The number of hydrogen-bond acceptors (Lipinski definition) is 10. The van der Waals surface area contributed by atoms with E-state index in [0.29, 0.717) is 23.7 Å². The molecule has 1 saturated heterocycles. The number of rotatable bonds is 6. The minimum Gasteiger partial charge on any atom is -0.473 e. The average Bonchev–Trinajstić information content (AvgIpc) is 3.41. The third-order valence-electron chi connectivity index (χ3n) is 5.30. The van der Waals surface area contributed by atoms with Gasteiger partial charge in [-0.15, -0.1) is 11.3 Å². The van der Waals surface area contributed by atoms with Gasteiger partial charge in [0.15, 0.2) is 0 Å². The molecule has 5 N–H and O–H groups in total. The summed E-state index contributed by atoms with van der Waals surface area (Å²) in [4.78, 5) is 67.0. The number of likely N-dealkylation sites (N-methyl/N-ethyl adjacent to an activating group) is 1. The number of piperazine rings is 1. The molecule has 1 aliphatic carbocycles. The Balaban J connectivity index is 0.000000476. The van der Waals surface area contributed by atoms with Crippen LogP contribution in [-0.4, -0.2) is 112 Å². The molecule has 1 aromatic rings. The van der Waals surface area contributed by atoms with Crippen molar-refractivity contribution in [2.24, 2.45) is 0 Å². The molecule has 0 unspecified atom stereocenters. The van der Waals surface area contributed by atoms with Crippen LogP contribution in [0.15, 0.2) is 0 Å². The van der Waals surface area contributed by atoms with E-state index in [2.05, 4.69) is 22.0 Å². The second kappa shape index (κ2) is 15.5. The Morgan fingerprint density at radius 1 is 0.838 bits per heavy atom. The number of carboxylic acids is 4. The summed E-state index contributed by atoms with van der Waals surface area (Å²) < 4.78 is 5.21. The second-order valence-electron chi connectivity index (χ2n) is 7.76. The van der Waals surface area contributed by atoms with Gasteiger partial charge in [0, 0.05) is 31.1 Å². The number of nitrogens with one attached hydrogen (secondary N) is 1. The molecule has 0 aromatic carbocycles. The van der Waals surface area contributed by atoms with Crippen molar-refractivity contribution in [2.45, 2.75) is 33.1 Å². The first-order chi connectivity index (χ1) is 17.4. The van der Waals surface area contributed by atoms with Gasteiger partial charge in [-0.1, -0.05) is 6.92 Å². The van der Waals surface area contributed by atoms with Gasteiger partial charge < -0.3 is 35.4 Å². The summed E-state index contributed by atoms with van der Waals surface area (Å²) in [6, 6.07) is 0. The van der Waals surface area contributed by atoms with E-state index in [0.717, 1.165) is 57.5 Å². The van der Waals surface area contributed by atoms with Crippen LogP contribution in [-0.2, 0) is 41.6 Å². The van der Waals surface area contributed by atoms with E-state index >= 15 is 0 Å². The van der Waals surface area contributed by atoms with Gasteiger partial charge in [-0.25, -0.2) is 24.0 Å². The molecule has 206 valence electrons. The van der Waals surface area contributed by atoms with Crippen molar-refractivity contribution in [2.75, 3.05) is 51.2 Å². The van der Waals surface area contributed by atoms with Crippen molar-refractivity contribution >= 4 is 52.1 Å². The zero-order chi connectivity index (χ0) is 28.1. The number of hydrogen-bond donors (Lipinski definition) is 5. The van der Waals surface area contributed by atoms with Crippen LogP contribution in [0.2, 0.25) is 0 Å². The lowest BCUT2D eigenvalue weighted by Gasteiger charge is -2.33. The van der Waals surface area contributed by atoms with Gasteiger partial charge in [0.1, 0.15) is 5.00 Å². The van der Waals surface area contributed by atoms with Gasteiger partial charge in [-0.3, -0.25) is 9.69 Å². The smallest absolute Gasteiger partial charge is 0.414 e. The molecule has 2 aliphatic rings. The molecule has 0 spiro atoms. The first kappa shape index (κ1) is 31.5. The van der Waals surface area contributed by atoms with E-state index in [-0.39, 0.29) is 11.9 Å². The predicted octanol–water partition coefficient (Wildman–Crippen LogP) is 0.301. The Labute approximate surface area is 216 Å². The van der Waals surface area contributed by atoms with Gasteiger partial charge in [0.05, 0.1) is 18.7 Å². The normalized spacial score (nSPS) is 14.6. The molecular weight excluding hydrogens is 514 g/mol. The number of fused-ring (bicyclic) bond motifs is 1. The lowest BCUT2D eigenvalue weighted by molar-refractivity contribution is -0.159. The van der Waals surface area contributed by atoms with Gasteiger partial charge in [-0.05, 0) is 38.3 Å². The van der Waals surface area contributed by atoms with Crippen LogP contribution in [0.3, 0.4) is 0 Å². The molecule has 1 fully saturated rings. The number of thiophene rings is 1. The highest BCUT2D eigenvalue weighted by Crippen LogP contribution is 2.39. The number of esters is 1. The third kappa shape index (κ3) is 10.5. The van der Waals surface area contributed by atoms with E-state index in [9.17, 15) is 9.59 Å². The second-order valence-corrected chi connectivity index (χ2v) is 8.87. The maximum Gasteiger partial charge on any atom is 0.414 e. The summed E-state index contributed by atoms with van der Waals surface area (Å²) >= 11 is 1.54. The maximum absolute atomic E-state index is 12.5. The molecule has 0 atom stereocenters. The van der Waals surface area contributed by atoms with Crippen molar-refractivity contribution in [3.8, 4) is 0 Å². The van der Waals surface area contributed by atoms with Crippen molar-refractivity contribution in [3.63, 3.8) is 0 Å². The van der Waals surface area contributed by atoms with Crippen molar-refractivity contribution in [1.82, 2.24) is 9.80 Å². The lowest BCUT2D eigenvalue weighted by Crippen LogP contribution is -2.48. The van der Waals surface area contributed by atoms with Gasteiger partial charge >= 0.3 is 29.8 Å². The molecule has 0 bridgehead atoms. The highest BCUT2D eigenvalue weighted by Gasteiger charge is 2.28. The Morgan fingerprint density at radius 3 is 1.81 bits per heavy atom. The van der Waals surface area contributed by atoms with E-state index < -0.39 is 23.9 Å².